The number of carbonyl (C=O) groups excluding carboxylic acids is 2. The molecule has 0 fully saturated rings. The highest BCUT2D eigenvalue weighted by molar-refractivity contribution is 5.77. The molecular weight excluding hydrogens is 248 g/mol. The Balaban J connectivity index is 2.17. The Bertz CT molecular complexity index is 434. The zero-order chi connectivity index (χ0) is 14.1. The van der Waals surface area contributed by atoms with Gasteiger partial charge in [-0.3, -0.25) is 9.59 Å². The molecule has 0 aromatic heterocycles. The molecule has 0 aliphatic rings. The van der Waals surface area contributed by atoms with Crippen LogP contribution in [-0.4, -0.2) is 32.1 Å². The fourth-order valence-electron chi connectivity index (χ4n) is 1.36. The minimum absolute atomic E-state index is 0.161. The lowest BCUT2D eigenvalue weighted by Crippen LogP contribution is -2.27. The van der Waals surface area contributed by atoms with Crippen LogP contribution in [0.2, 0.25) is 0 Å². The molecule has 1 rings (SSSR count). The Hall–Kier alpha value is -2.24. The average Bonchev–Trinajstić information content (AvgIpc) is 2.40. The zero-order valence-electron chi connectivity index (χ0n) is 10.8. The first-order chi connectivity index (χ1) is 9.13. The summed E-state index contributed by atoms with van der Waals surface area (Å²) >= 11 is 0. The minimum atomic E-state index is -0.353. The van der Waals surface area contributed by atoms with Gasteiger partial charge in [0.05, 0.1) is 32.2 Å². The van der Waals surface area contributed by atoms with E-state index in [0.717, 1.165) is 0 Å². The van der Waals surface area contributed by atoms with Gasteiger partial charge in [0.1, 0.15) is 5.75 Å². The van der Waals surface area contributed by atoms with Crippen molar-refractivity contribution >= 4 is 17.6 Å². The summed E-state index contributed by atoms with van der Waals surface area (Å²) in [7, 11) is 1.31. The molecule has 0 aliphatic heterocycles. The van der Waals surface area contributed by atoms with Crippen molar-refractivity contribution in [3.8, 4) is 5.75 Å². The molecule has 6 nitrogen and oxygen atoms in total. The van der Waals surface area contributed by atoms with Crippen molar-refractivity contribution in [1.29, 1.82) is 0 Å². The van der Waals surface area contributed by atoms with Crippen molar-refractivity contribution < 1.29 is 19.1 Å². The molecule has 1 amide bonds. The summed E-state index contributed by atoms with van der Waals surface area (Å²) < 4.78 is 9.83. The molecule has 0 aliphatic carbocycles. The predicted molar refractivity (Wildman–Crippen MR) is 70.6 cm³/mol. The average molecular weight is 266 g/mol. The van der Waals surface area contributed by atoms with Gasteiger partial charge in [-0.25, -0.2) is 0 Å². The van der Waals surface area contributed by atoms with E-state index < -0.39 is 0 Å². The SMILES string of the molecule is COC(=O)CCNC(=O)CCOc1ccccc1N. The summed E-state index contributed by atoms with van der Waals surface area (Å²) in [6.07, 6.45) is 0.365. The van der Waals surface area contributed by atoms with Gasteiger partial charge in [-0.05, 0) is 12.1 Å². The van der Waals surface area contributed by atoms with Gasteiger partial charge in [0.15, 0.2) is 0 Å². The number of anilines is 1. The van der Waals surface area contributed by atoms with Gasteiger partial charge in [0, 0.05) is 6.54 Å². The summed E-state index contributed by atoms with van der Waals surface area (Å²) in [6, 6.07) is 7.08. The highest BCUT2D eigenvalue weighted by Crippen LogP contribution is 2.19. The van der Waals surface area contributed by atoms with Gasteiger partial charge < -0.3 is 20.5 Å². The number of para-hydroxylation sites is 2. The van der Waals surface area contributed by atoms with Gasteiger partial charge in [-0.2, -0.15) is 0 Å². The topological polar surface area (TPSA) is 90.6 Å². The second kappa shape index (κ2) is 7.97. The number of hydrogen-bond acceptors (Lipinski definition) is 5. The van der Waals surface area contributed by atoms with Crippen LogP contribution in [0.15, 0.2) is 24.3 Å². The highest BCUT2D eigenvalue weighted by Gasteiger charge is 2.05. The second-order valence-corrected chi connectivity index (χ2v) is 3.81. The van der Waals surface area contributed by atoms with Crippen LogP contribution in [-0.2, 0) is 14.3 Å². The number of nitrogens with one attached hydrogen (secondary N) is 1. The van der Waals surface area contributed by atoms with E-state index in [0.29, 0.717) is 11.4 Å². The van der Waals surface area contributed by atoms with E-state index >= 15 is 0 Å². The number of amides is 1. The summed E-state index contributed by atoms with van der Waals surface area (Å²) in [5.41, 5.74) is 6.23. The maximum atomic E-state index is 11.4. The summed E-state index contributed by atoms with van der Waals surface area (Å²) in [5, 5.41) is 2.60. The van der Waals surface area contributed by atoms with Crippen LogP contribution >= 0.6 is 0 Å². The Kier molecular flexibility index (Phi) is 6.21. The van der Waals surface area contributed by atoms with Crippen LogP contribution in [0.4, 0.5) is 5.69 Å². The molecule has 0 unspecified atom stereocenters. The van der Waals surface area contributed by atoms with Crippen LogP contribution in [0.1, 0.15) is 12.8 Å². The normalized spacial score (nSPS) is 9.74. The molecule has 3 N–H and O–H groups in total. The molecule has 0 heterocycles. The Morgan fingerprint density at radius 1 is 1.26 bits per heavy atom. The number of nitrogens with two attached hydrogens (primary N) is 1. The minimum Gasteiger partial charge on any atom is -0.491 e. The quantitative estimate of drug-likeness (QED) is 0.560. The maximum Gasteiger partial charge on any atom is 0.307 e. The van der Waals surface area contributed by atoms with E-state index in [1.807, 2.05) is 12.1 Å². The largest absolute Gasteiger partial charge is 0.491 e. The van der Waals surface area contributed by atoms with E-state index in [2.05, 4.69) is 10.1 Å². The second-order valence-electron chi connectivity index (χ2n) is 3.81. The van der Waals surface area contributed by atoms with Crippen LogP contribution in [0.3, 0.4) is 0 Å². The van der Waals surface area contributed by atoms with E-state index in [1.165, 1.54) is 7.11 Å². The van der Waals surface area contributed by atoms with Crippen molar-refractivity contribution in [2.24, 2.45) is 0 Å². The zero-order valence-corrected chi connectivity index (χ0v) is 10.8. The molecule has 0 atom stereocenters. The van der Waals surface area contributed by atoms with Crippen LogP contribution in [0.25, 0.3) is 0 Å². The number of nitrogen functional groups attached to an aromatic ring is 1. The monoisotopic (exact) mass is 266 g/mol. The molecule has 1 aromatic carbocycles. The van der Waals surface area contributed by atoms with Crippen molar-refractivity contribution in [3.05, 3.63) is 24.3 Å². The van der Waals surface area contributed by atoms with Crippen molar-refractivity contribution in [3.63, 3.8) is 0 Å². The Morgan fingerprint density at radius 2 is 2.00 bits per heavy atom. The van der Waals surface area contributed by atoms with Crippen LogP contribution in [0.5, 0.6) is 5.75 Å². The number of carbonyl (C=O) groups is 2. The number of hydrogen-bond donors (Lipinski definition) is 2. The molecule has 0 saturated heterocycles. The third-order valence-electron chi connectivity index (χ3n) is 2.38. The molecule has 0 saturated carbocycles. The molecular formula is C13H18N2O4. The van der Waals surface area contributed by atoms with Crippen LogP contribution in [0, 0.1) is 0 Å². The highest BCUT2D eigenvalue weighted by atomic mass is 16.5. The maximum absolute atomic E-state index is 11.4. The Morgan fingerprint density at radius 3 is 2.68 bits per heavy atom. The van der Waals surface area contributed by atoms with Crippen LogP contribution < -0.4 is 15.8 Å². The van der Waals surface area contributed by atoms with E-state index in [-0.39, 0.29) is 37.9 Å². The molecule has 19 heavy (non-hydrogen) atoms. The van der Waals surface area contributed by atoms with E-state index in [1.54, 1.807) is 12.1 Å². The van der Waals surface area contributed by atoms with E-state index in [4.69, 9.17) is 10.5 Å². The lowest BCUT2D eigenvalue weighted by molar-refractivity contribution is -0.140. The van der Waals surface area contributed by atoms with E-state index in [9.17, 15) is 9.59 Å². The fourth-order valence-corrected chi connectivity index (χ4v) is 1.36. The van der Waals surface area contributed by atoms with Crippen molar-refractivity contribution in [1.82, 2.24) is 5.32 Å². The number of benzene rings is 1. The first-order valence-corrected chi connectivity index (χ1v) is 5.94. The number of rotatable bonds is 7. The van der Waals surface area contributed by atoms with Gasteiger partial charge >= 0.3 is 5.97 Å². The van der Waals surface area contributed by atoms with Gasteiger partial charge in [0.25, 0.3) is 0 Å². The standard InChI is InChI=1S/C13H18N2O4/c1-18-13(17)6-8-15-12(16)7-9-19-11-5-3-2-4-10(11)14/h2-5H,6-9,14H2,1H3,(H,15,16). The third kappa shape index (κ3) is 5.76. The fraction of sp³-hybridized carbons (Fsp3) is 0.385. The number of esters is 1. The molecule has 6 heteroatoms. The predicted octanol–water partition coefficient (Wildman–Crippen LogP) is 0.717. The van der Waals surface area contributed by atoms with Gasteiger partial charge in [-0.15, -0.1) is 0 Å². The molecule has 0 spiro atoms. The molecule has 1 aromatic rings. The smallest absolute Gasteiger partial charge is 0.307 e. The third-order valence-corrected chi connectivity index (χ3v) is 2.38. The lowest BCUT2D eigenvalue weighted by Gasteiger charge is -2.08. The van der Waals surface area contributed by atoms with Gasteiger partial charge in [-0.1, -0.05) is 12.1 Å². The Labute approximate surface area is 111 Å². The van der Waals surface area contributed by atoms with Gasteiger partial charge in [0.2, 0.25) is 5.91 Å². The first kappa shape index (κ1) is 14.8. The molecule has 0 radical (unpaired) electrons. The summed E-state index contributed by atoms with van der Waals surface area (Å²) in [4.78, 5) is 22.2. The molecule has 0 bridgehead atoms. The summed E-state index contributed by atoms with van der Waals surface area (Å²) in [6.45, 7) is 0.497. The molecule has 104 valence electrons. The summed E-state index contributed by atoms with van der Waals surface area (Å²) in [5.74, 6) is 0.0249. The lowest BCUT2D eigenvalue weighted by atomic mass is 10.3. The van der Waals surface area contributed by atoms with Crippen molar-refractivity contribution in [2.45, 2.75) is 12.8 Å². The number of methoxy groups -OCH3 is 1. The number of ether oxygens (including phenoxy) is 2. The first-order valence-electron chi connectivity index (χ1n) is 5.94. The van der Waals surface area contributed by atoms with Crippen molar-refractivity contribution in [2.75, 3.05) is 26.0 Å².